The molecule has 0 aliphatic heterocycles. The highest BCUT2D eigenvalue weighted by atomic mass is 16.5. The van der Waals surface area contributed by atoms with E-state index in [1.807, 2.05) is 24.3 Å². The van der Waals surface area contributed by atoms with Crippen LogP contribution in [0.25, 0.3) is 6.08 Å². The van der Waals surface area contributed by atoms with Gasteiger partial charge in [0.2, 0.25) is 0 Å². The van der Waals surface area contributed by atoms with Crippen molar-refractivity contribution in [3.63, 3.8) is 0 Å². The third-order valence-electron chi connectivity index (χ3n) is 3.02. The molecule has 0 spiro atoms. The molecule has 118 valence electrons. The van der Waals surface area contributed by atoms with Crippen LogP contribution >= 0.6 is 0 Å². The number of carbonyl (C=O) groups excluding carboxylic acids is 2. The molecule has 0 aliphatic carbocycles. The number of allylic oxidation sites excluding steroid dienone is 1. The van der Waals surface area contributed by atoms with Crippen LogP contribution in [0, 0.1) is 0 Å². The Morgan fingerprint density at radius 1 is 1.09 bits per heavy atom. The zero-order valence-corrected chi connectivity index (χ0v) is 12.7. The van der Waals surface area contributed by atoms with Crippen molar-refractivity contribution in [1.82, 2.24) is 0 Å². The topological polar surface area (TPSA) is 78.6 Å². The number of carbonyl (C=O) groups is 2. The minimum absolute atomic E-state index is 0.169. The van der Waals surface area contributed by atoms with Crippen molar-refractivity contribution >= 4 is 17.8 Å². The first kappa shape index (κ1) is 16.3. The van der Waals surface area contributed by atoms with Crippen molar-refractivity contribution in [3.05, 3.63) is 65.7 Å². The van der Waals surface area contributed by atoms with Gasteiger partial charge in [-0.15, -0.1) is 0 Å². The summed E-state index contributed by atoms with van der Waals surface area (Å²) in [5.74, 6) is 0.405. The van der Waals surface area contributed by atoms with E-state index in [2.05, 4.69) is 0 Å². The molecule has 2 N–H and O–H groups in total. The van der Waals surface area contributed by atoms with Crippen LogP contribution in [0.2, 0.25) is 0 Å². The molecule has 0 fully saturated rings. The number of primary amides is 1. The van der Waals surface area contributed by atoms with E-state index >= 15 is 0 Å². The molecule has 0 aromatic heterocycles. The zero-order valence-electron chi connectivity index (χ0n) is 12.7. The number of nitrogens with two attached hydrogens (primary N) is 1. The smallest absolute Gasteiger partial charge is 0.255 e. The monoisotopic (exact) mass is 311 g/mol. The minimum Gasteiger partial charge on any atom is -0.497 e. The van der Waals surface area contributed by atoms with Crippen LogP contribution in [0.4, 0.5) is 0 Å². The summed E-state index contributed by atoms with van der Waals surface area (Å²) in [6, 6.07) is 14.0. The molecule has 0 unspecified atom stereocenters. The van der Waals surface area contributed by atoms with Gasteiger partial charge in [0.15, 0.2) is 12.4 Å². The summed E-state index contributed by atoms with van der Waals surface area (Å²) in [5.41, 5.74) is 6.35. The molecular weight excluding hydrogens is 294 g/mol. The summed E-state index contributed by atoms with van der Waals surface area (Å²) in [5, 5.41) is 0. The molecule has 2 rings (SSSR count). The van der Waals surface area contributed by atoms with Crippen LogP contribution in [0.15, 0.2) is 54.6 Å². The molecule has 5 nitrogen and oxygen atoms in total. The second-order valence-electron chi connectivity index (χ2n) is 4.76. The molecule has 0 saturated heterocycles. The summed E-state index contributed by atoms with van der Waals surface area (Å²) in [4.78, 5) is 22.9. The van der Waals surface area contributed by atoms with Crippen LogP contribution < -0.4 is 15.2 Å². The van der Waals surface area contributed by atoms with Crippen LogP contribution in [0.1, 0.15) is 15.9 Å². The molecule has 1 amide bonds. The van der Waals surface area contributed by atoms with E-state index in [0.29, 0.717) is 11.3 Å². The Bertz CT molecular complexity index is 737. The van der Waals surface area contributed by atoms with E-state index in [1.165, 1.54) is 6.08 Å². The molecule has 0 radical (unpaired) electrons. The van der Waals surface area contributed by atoms with E-state index < -0.39 is 5.91 Å². The lowest BCUT2D eigenvalue weighted by molar-refractivity contribution is -0.119. The van der Waals surface area contributed by atoms with Crippen molar-refractivity contribution in [2.75, 3.05) is 13.7 Å². The van der Waals surface area contributed by atoms with Crippen LogP contribution in [0.5, 0.6) is 11.5 Å². The van der Waals surface area contributed by atoms with Crippen molar-refractivity contribution in [2.24, 2.45) is 5.73 Å². The van der Waals surface area contributed by atoms with E-state index in [-0.39, 0.29) is 12.4 Å². The lowest BCUT2D eigenvalue weighted by atomic mass is 10.1. The third kappa shape index (κ3) is 5.00. The minimum atomic E-state index is -0.570. The quantitative estimate of drug-likeness (QED) is 0.629. The Morgan fingerprint density at radius 3 is 2.57 bits per heavy atom. The number of benzene rings is 2. The number of ether oxygens (including phenoxy) is 2. The van der Waals surface area contributed by atoms with Gasteiger partial charge in [-0.2, -0.15) is 0 Å². The predicted molar refractivity (Wildman–Crippen MR) is 87.5 cm³/mol. The van der Waals surface area contributed by atoms with Crippen LogP contribution in [-0.4, -0.2) is 25.4 Å². The molecule has 0 atom stereocenters. The average Bonchev–Trinajstić information content (AvgIpc) is 2.58. The lowest BCUT2D eigenvalue weighted by Gasteiger charge is -2.04. The van der Waals surface area contributed by atoms with Gasteiger partial charge in [-0.1, -0.05) is 30.3 Å². The van der Waals surface area contributed by atoms with E-state index in [4.69, 9.17) is 15.2 Å². The average molecular weight is 311 g/mol. The van der Waals surface area contributed by atoms with Crippen molar-refractivity contribution in [3.8, 4) is 11.5 Å². The number of rotatable bonds is 7. The normalized spacial score (nSPS) is 10.5. The first-order valence-corrected chi connectivity index (χ1v) is 6.96. The second kappa shape index (κ2) is 7.79. The molecule has 0 heterocycles. The molecule has 2 aromatic rings. The molecule has 23 heavy (non-hydrogen) atoms. The third-order valence-corrected chi connectivity index (χ3v) is 3.02. The molecule has 5 heteroatoms. The zero-order chi connectivity index (χ0) is 16.7. The first-order valence-electron chi connectivity index (χ1n) is 6.96. The maximum absolute atomic E-state index is 12.2. The van der Waals surface area contributed by atoms with Crippen molar-refractivity contribution in [2.45, 2.75) is 0 Å². The number of hydrogen-bond donors (Lipinski definition) is 1. The number of hydrogen-bond acceptors (Lipinski definition) is 4. The summed E-state index contributed by atoms with van der Waals surface area (Å²) < 4.78 is 10.3. The lowest BCUT2D eigenvalue weighted by Crippen LogP contribution is -2.20. The van der Waals surface area contributed by atoms with Crippen LogP contribution in [0.3, 0.4) is 0 Å². The Balaban J connectivity index is 2.09. The standard InChI is InChI=1S/C18H17NO4/c1-22-15-6-2-4-13(10-15)8-9-17(20)14-5-3-7-16(11-14)23-12-18(19)21/h2-11H,12H2,1H3,(H2,19,21)/b9-8+. The Labute approximate surface area is 134 Å². The number of ketones is 1. The predicted octanol–water partition coefficient (Wildman–Crippen LogP) is 2.46. The molecule has 0 bridgehead atoms. The molecular formula is C18H17NO4. The van der Waals surface area contributed by atoms with Crippen molar-refractivity contribution < 1.29 is 19.1 Å². The maximum Gasteiger partial charge on any atom is 0.255 e. The molecule has 0 saturated carbocycles. The largest absolute Gasteiger partial charge is 0.497 e. The van der Waals surface area contributed by atoms with Gasteiger partial charge < -0.3 is 15.2 Å². The van der Waals surface area contributed by atoms with Crippen LogP contribution in [-0.2, 0) is 4.79 Å². The fraction of sp³-hybridized carbons (Fsp3) is 0.111. The van der Waals surface area contributed by atoms with Gasteiger partial charge in [0.25, 0.3) is 5.91 Å². The van der Waals surface area contributed by atoms with E-state index in [9.17, 15) is 9.59 Å². The summed E-state index contributed by atoms with van der Waals surface area (Å²) in [6.07, 6.45) is 3.18. The number of amides is 1. The van der Waals surface area contributed by atoms with Gasteiger partial charge in [0.05, 0.1) is 7.11 Å². The highest BCUT2D eigenvalue weighted by Crippen LogP contribution is 2.16. The highest BCUT2D eigenvalue weighted by molar-refractivity contribution is 6.07. The Morgan fingerprint density at radius 2 is 1.83 bits per heavy atom. The van der Waals surface area contributed by atoms with E-state index in [1.54, 1.807) is 37.5 Å². The van der Waals surface area contributed by atoms with Gasteiger partial charge in [-0.3, -0.25) is 9.59 Å². The fourth-order valence-electron chi connectivity index (χ4n) is 1.91. The summed E-state index contributed by atoms with van der Waals surface area (Å²) >= 11 is 0. The Hall–Kier alpha value is -3.08. The SMILES string of the molecule is COc1cccc(/C=C/C(=O)c2cccc(OCC(N)=O)c2)c1. The van der Waals surface area contributed by atoms with Gasteiger partial charge in [-0.05, 0) is 35.9 Å². The van der Waals surface area contributed by atoms with E-state index in [0.717, 1.165) is 11.3 Å². The highest BCUT2D eigenvalue weighted by Gasteiger charge is 2.05. The molecule has 2 aromatic carbocycles. The van der Waals surface area contributed by atoms with Gasteiger partial charge in [0, 0.05) is 5.56 Å². The van der Waals surface area contributed by atoms with Gasteiger partial charge in [-0.25, -0.2) is 0 Å². The number of methoxy groups -OCH3 is 1. The first-order chi connectivity index (χ1) is 11.1. The summed E-state index contributed by atoms with van der Waals surface area (Å²) in [6.45, 7) is -0.225. The van der Waals surface area contributed by atoms with Gasteiger partial charge in [0.1, 0.15) is 11.5 Å². The Kier molecular flexibility index (Phi) is 5.52. The van der Waals surface area contributed by atoms with Crippen molar-refractivity contribution in [1.29, 1.82) is 0 Å². The fourth-order valence-corrected chi connectivity index (χ4v) is 1.91. The maximum atomic E-state index is 12.2. The van der Waals surface area contributed by atoms with Gasteiger partial charge >= 0.3 is 0 Å². The summed E-state index contributed by atoms with van der Waals surface area (Å²) in [7, 11) is 1.59. The second-order valence-corrected chi connectivity index (χ2v) is 4.76. The molecule has 0 aliphatic rings.